The molecule has 0 fully saturated rings. The predicted octanol–water partition coefficient (Wildman–Crippen LogP) is 2.80. The van der Waals surface area contributed by atoms with E-state index in [1.165, 1.54) is 6.92 Å². The Morgan fingerprint density at radius 3 is 2.57 bits per heavy atom. The standard InChI is InChI=1S/C17H20N2O4/c1-12(20)14-10-13(22-11-16(21)23-17(2,3)4)6-7-15(14)19-9-5-8-18-19/h5-10H,11H2,1-4H3. The summed E-state index contributed by atoms with van der Waals surface area (Å²) in [6.07, 6.45) is 3.39. The van der Waals surface area contributed by atoms with Crippen molar-refractivity contribution in [3.63, 3.8) is 0 Å². The number of nitrogens with zero attached hydrogens (tertiary/aromatic N) is 2. The molecule has 0 bridgehead atoms. The average molecular weight is 316 g/mol. The van der Waals surface area contributed by atoms with E-state index in [1.54, 1.807) is 62.1 Å². The Bertz CT molecular complexity index is 700. The second-order valence-electron chi connectivity index (χ2n) is 6.06. The van der Waals surface area contributed by atoms with Crippen molar-refractivity contribution in [2.24, 2.45) is 0 Å². The summed E-state index contributed by atoms with van der Waals surface area (Å²) in [4.78, 5) is 23.5. The predicted molar refractivity (Wildman–Crippen MR) is 84.9 cm³/mol. The monoisotopic (exact) mass is 316 g/mol. The van der Waals surface area contributed by atoms with Crippen LogP contribution in [0.2, 0.25) is 0 Å². The number of hydrogen-bond acceptors (Lipinski definition) is 5. The molecule has 2 rings (SSSR count). The Morgan fingerprint density at radius 2 is 2.00 bits per heavy atom. The maximum absolute atomic E-state index is 11.9. The summed E-state index contributed by atoms with van der Waals surface area (Å²) in [7, 11) is 0. The quantitative estimate of drug-likeness (QED) is 0.626. The zero-order valence-corrected chi connectivity index (χ0v) is 13.7. The highest BCUT2D eigenvalue weighted by Crippen LogP contribution is 2.21. The second kappa shape index (κ2) is 6.64. The number of carbonyl (C=O) groups excluding carboxylic acids is 2. The molecule has 6 nitrogen and oxygen atoms in total. The highest BCUT2D eigenvalue weighted by Gasteiger charge is 2.17. The van der Waals surface area contributed by atoms with Crippen molar-refractivity contribution in [1.82, 2.24) is 9.78 Å². The van der Waals surface area contributed by atoms with Gasteiger partial charge in [-0.1, -0.05) is 0 Å². The molecule has 0 aliphatic rings. The Labute approximate surface area is 135 Å². The number of hydrogen-bond donors (Lipinski definition) is 0. The first-order chi connectivity index (χ1) is 10.8. The summed E-state index contributed by atoms with van der Waals surface area (Å²) < 4.78 is 12.2. The molecule has 0 atom stereocenters. The van der Waals surface area contributed by atoms with Gasteiger partial charge in [0.2, 0.25) is 0 Å². The van der Waals surface area contributed by atoms with Crippen LogP contribution in [0.4, 0.5) is 0 Å². The maximum atomic E-state index is 11.9. The van der Waals surface area contributed by atoms with Crippen LogP contribution >= 0.6 is 0 Å². The third-order valence-corrected chi connectivity index (χ3v) is 2.88. The van der Waals surface area contributed by atoms with Gasteiger partial charge in [0, 0.05) is 18.0 Å². The van der Waals surface area contributed by atoms with Crippen LogP contribution in [0, 0.1) is 0 Å². The Kier molecular flexibility index (Phi) is 4.83. The van der Waals surface area contributed by atoms with Crippen LogP contribution in [0.3, 0.4) is 0 Å². The summed E-state index contributed by atoms with van der Waals surface area (Å²) in [6.45, 7) is 6.63. The lowest BCUT2D eigenvalue weighted by atomic mass is 10.1. The van der Waals surface area contributed by atoms with E-state index in [1.807, 2.05) is 0 Å². The largest absolute Gasteiger partial charge is 0.482 e. The number of ether oxygens (including phenoxy) is 2. The van der Waals surface area contributed by atoms with Gasteiger partial charge in [-0.05, 0) is 52.0 Å². The fourth-order valence-corrected chi connectivity index (χ4v) is 2.01. The zero-order chi connectivity index (χ0) is 17.0. The second-order valence-corrected chi connectivity index (χ2v) is 6.06. The van der Waals surface area contributed by atoms with Gasteiger partial charge in [0.15, 0.2) is 12.4 Å². The Hall–Kier alpha value is -2.63. The maximum Gasteiger partial charge on any atom is 0.344 e. The minimum Gasteiger partial charge on any atom is -0.482 e. The van der Waals surface area contributed by atoms with Crippen molar-refractivity contribution in [3.05, 3.63) is 42.2 Å². The van der Waals surface area contributed by atoms with Crippen LogP contribution in [-0.2, 0) is 9.53 Å². The van der Waals surface area contributed by atoms with Gasteiger partial charge in [-0.3, -0.25) is 4.79 Å². The van der Waals surface area contributed by atoms with Crippen LogP contribution in [0.15, 0.2) is 36.7 Å². The molecule has 0 amide bonds. The first-order valence-corrected chi connectivity index (χ1v) is 7.26. The molecule has 1 heterocycles. The number of benzene rings is 1. The van der Waals surface area contributed by atoms with Gasteiger partial charge < -0.3 is 9.47 Å². The lowest BCUT2D eigenvalue weighted by Crippen LogP contribution is -2.27. The van der Waals surface area contributed by atoms with Crippen LogP contribution < -0.4 is 4.74 Å². The van der Waals surface area contributed by atoms with E-state index < -0.39 is 11.6 Å². The van der Waals surface area contributed by atoms with E-state index in [0.29, 0.717) is 17.0 Å². The topological polar surface area (TPSA) is 70.4 Å². The molecule has 0 radical (unpaired) electrons. The number of Topliss-reactive ketones (excluding diaryl/α,β-unsaturated/α-hetero) is 1. The van der Waals surface area contributed by atoms with Crippen LogP contribution in [0.25, 0.3) is 5.69 Å². The summed E-state index contributed by atoms with van der Waals surface area (Å²) >= 11 is 0. The SMILES string of the molecule is CC(=O)c1cc(OCC(=O)OC(C)(C)C)ccc1-n1cccn1. The van der Waals surface area contributed by atoms with Crippen molar-refractivity contribution in [2.45, 2.75) is 33.3 Å². The minimum absolute atomic E-state index is 0.113. The molecule has 1 aromatic carbocycles. The van der Waals surface area contributed by atoms with Crippen molar-refractivity contribution in [2.75, 3.05) is 6.61 Å². The molecule has 0 aliphatic heterocycles. The van der Waals surface area contributed by atoms with Crippen molar-refractivity contribution in [1.29, 1.82) is 0 Å². The van der Waals surface area contributed by atoms with Crippen molar-refractivity contribution < 1.29 is 19.1 Å². The first-order valence-electron chi connectivity index (χ1n) is 7.26. The molecular formula is C17H20N2O4. The molecule has 2 aromatic rings. The van der Waals surface area contributed by atoms with Gasteiger partial charge in [0.25, 0.3) is 0 Å². The third-order valence-electron chi connectivity index (χ3n) is 2.88. The summed E-state index contributed by atoms with van der Waals surface area (Å²) in [5.74, 6) is -0.145. The number of carbonyl (C=O) groups is 2. The lowest BCUT2D eigenvalue weighted by molar-refractivity contribution is -0.157. The van der Waals surface area contributed by atoms with Crippen molar-refractivity contribution in [3.8, 4) is 11.4 Å². The lowest BCUT2D eigenvalue weighted by Gasteiger charge is -2.19. The van der Waals surface area contributed by atoms with Crippen LogP contribution in [0.5, 0.6) is 5.75 Å². The molecule has 0 saturated carbocycles. The normalized spacial score (nSPS) is 11.1. The third kappa shape index (κ3) is 4.67. The van der Waals surface area contributed by atoms with E-state index in [9.17, 15) is 9.59 Å². The van der Waals surface area contributed by atoms with Gasteiger partial charge in [-0.2, -0.15) is 5.10 Å². The van der Waals surface area contributed by atoms with E-state index in [2.05, 4.69) is 5.10 Å². The van der Waals surface area contributed by atoms with Crippen molar-refractivity contribution >= 4 is 11.8 Å². The number of rotatable bonds is 5. The first kappa shape index (κ1) is 16.7. The number of aromatic nitrogens is 2. The van der Waals surface area contributed by atoms with E-state index in [0.717, 1.165) is 0 Å². The smallest absolute Gasteiger partial charge is 0.344 e. The fourth-order valence-electron chi connectivity index (χ4n) is 2.01. The van der Waals surface area contributed by atoms with E-state index in [-0.39, 0.29) is 12.4 Å². The minimum atomic E-state index is -0.561. The highest BCUT2D eigenvalue weighted by molar-refractivity contribution is 5.98. The highest BCUT2D eigenvalue weighted by atomic mass is 16.6. The summed E-state index contributed by atoms with van der Waals surface area (Å²) in [5, 5.41) is 4.12. The van der Waals surface area contributed by atoms with Gasteiger partial charge in [0.1, 0.15) is 11.4 Å². The summed E-state index contributed by atoms with van der Waals surface area (Å²) in [5.41, 5.74) is 0.567. The fraction of sp³-hybridized carbons (Fsp3) is 0.353. The van der Waals surface area contributed by atoms with Gasteiger partial charge in [-0.25, -0.2) is 9.48 Å². The molecular weight excluding hydrogens is 296 g/mol. The number of ketones is 1. The average Bonchev–Trinajstić information content (AvgIpc) is 2.97. The molecule has 6 heteroatoms. The zero-order valence-electron chi connectivity index (χ0n) is 13.7. The molecule has 1 aromatic heterocycles. The Morgan fingerprint density at radius 1 is 1.26 bits per heavy atom. The molecule has 0 saturated heterocycles. The van der Waals surface area contributed by atoms with Gasteiger partial charge in [0.05, 0.1) is 5.69 Å². The van der Waals surface area contributed by atoms with Crippen LogP contribution in [0.1, 0.15) is 38.1 Å². The Balaban J connectivity index is 2.14. The molecule has 23 heavy (non-hydrogen) atoms. The molecule has 0 spiro atoms. The summed E-state index contributed by atoms with van der Waals surface area (Å²) in [6, 6.07) is 6.79. The van der Waals surface area contributed by atoms with Crippen LogP contribution in [-0.4, -0.2) is 33.7 Å². The van der Waals surface area contributed by atoms with Gasteiger partial charge in [-0.15, -0.1) is 0 Å². The van der Waals surface area contributed by atoms with E-state index >= 15 is 0 Å². The van der Waals surface area contributed by atoms with E-state index in [4.69, 9.17) is 9.47 Å². The molecule has 122 valence electrons. The molecule has 0 N–H and O–H groups in total. The molecule has 0 aliphatic carbocycles. The number of esters is 1. The van der Waals surface area contributed by atoms with Gasteiger partial charge >= 0.3 is 5.97 Å². The molecule has 0 unspecified atom stereocenters.